The number of benzene rings is 1. The summed E-state index contributed by atoms with van der Waals surface area (Å²) < 4.78 is 11.4. The van der Waals surface area contributed by atoms with Gasteiger partial charge in [0.2, 0.25) is 5.88 Å². The van der Waals surface area contributed by atoms with E-state index in [0.717, 1.165) is 12.2 Å². The van der Waals surface area contributed by atoms with Crippen molar-refractivity contribution in [2.75, 3.05) is 6.61 Å². The Morgan fingerprint density at radius 2 is 2.06 bits per heavy atom. The van der Waals surface area contributed by atoms with Crippen molar-refractivity contribution in [3.63, 3.8) is 0 Å². The molecule has 86 valence electrons. The molecule has 17 heavy (non-hydrogen) atoms. The molecular weight excluding hydrogens is 214 g/mol. The van der Waals surface area contributed by atoms with Crippen molar-refractivity contribution in [3.05, 3.63) is 54.2 Å². The van der Waals surface area contributed by atoms with Crippen LogP contribution in [0.2, 0.25) is 0 Å². The second kappa shape index (κ2) is 4.45. The predicted octanol–water partition coefficient (Wildman–Crippen LogP) is 2.46. The lowest BCUT2D eigenvalue weighted by molar-refractivity contribution is 0.145. The van der Waals surface area contributed by atoms with E-state index in [0.29, 0.717) is 12.5 Å². The zero-order valence-electron chi connectivity index (χ0n) is 9.37. The van der Waals surface area contributed by atoms with Gasteiger partial charge in [0.05, 0.1) is 0 Å². The summed E-state index contributed by atoms with van der Waals surface area (Å²) in [6.45, 7) is 0.533. The molecular formula is C14H13NO2. The van der Waals surface area contributed by atoms with Gasteiger partial charge >= 0.3 is 0 Å². The molecule has 1 aromatic heterocycles. The summed E-state index contributed by atoms with van der Waals surface area (Å²) in [5, 5.41) is 0. The van der Waals surface area contributed by atoms with E-state index >= 15 is 0 Å². The lowest BCUT2D eigenvalue weighted by Gasteiger charge is -2.11. The highest BCUT2D eigenvalue weighted by Crippen LogP contribution is 2.28. The summed E-state index contributed by atoms with van der Waals surface area (Å²) in [4.78, 5) is 4.11. The van der Waals surface area contributed by atoms with Crippen LogP contribution in [0.1, 0.15) is 5.56 Å². The molecule has 0 fully saturated rings. The molecule has 0 bridgehead atoms. The third kappa shape index (κ3) is 2.23. The minimum Gasteiger partial charge on any atom is -0.486 e. The summed E-state index contributed by atoms with van der Waals surface area (Å²) in [6, 6.07) is 13.7. The third-order valence-electron chi connectivity index (χ3n) is 2.77. The number of para-hydroxylation sites is 1. The van der Waals surface area contributed by atoms with Crippen LogP contribution in [0.5, 0.6) is 11.6 Å². The number of nitrogens with zero attached hydrogens (tertiary/aromatic N) is 1. The fourth-order valence-electron chi connectivity index (χ4n) is 1.96. The molecule has 0 saturated heterocycles. The lowest BCUT2D eigenvalue weighted by Crippen LogP contribution is -2.22. The first-order valence-corrected chi connectivity index (χ1v) is 5.70. The van der Waals surface area contributed by atoms with E-state index in [2.05, 4.69) is 11.1 Å². The summed E-state index contributed by atoms with van der Waals surface area (Å²) in [5.74, 6) is 1.62. The molecule has 1 atom stereocenters. The molecule has 2 aromatic rings. The molecule has 1 aliphatic rings. The summed E-state index contributed by atoms with van der Waals surface area (Å²) in [6.07, 6.45) is 2.72. The smallest absolute Gasteiger partial charge is 0.213 e. The Hall–Kier alpha value is -2.03. The first-order valence-electron chi connectivity index (χ1n) is 5.70. The maximum absolute atomic E-state index is 5.78. The van der Waals surface area contributed by atoms with Crippen LogP contribution in [-0.2, 0) is 6.42 Å². The fraction of sp³-hybridized carbons (Fsp3) is 0.214. The maximum Gasteiger partial charge on any atom is 0.213 e. The molecule has 3 nitrogen and oxygen atoms in total. The number of pyridine rings is 1. The van der Waals surface area contributed by atoms with Crippen molar-refractivity contribution in [1.82, 2.24) is 4.98 Å². The minimum atomic E-state index is 0.0920. The second-order valence-electron chi connectivity index (χ2n) is 4.03. The van der Waals surface area contributed by atoms with Crippen LogP contribution < -0.4 is 9.47 Å². The summed E-state index contributed by atoms with van der Waals surface area (Å²) in [5.41, 5.74) is 1.25. The van der Waals surface area contributed by atoms with E-state index < -0.39 is 0 Å². The van der Waals surface area contributed by atoms with E-state index in [1.165, 1.54) is 5.56 Å². The van der Waals surface area contributed by atoms with Gasteiger partial charge in [-0.1, -0.05) is 24.3 Å². The Morgan fingerprint density at radius 1 is 1.18 bits per heavy atom. The summed E-state index contributed by atoms with van der Waals surface area (Å²) >= 11 is 0. The SMILES string of the molecule is c1ccc(OCC2Cc3ccccc3O2)nc1. The molecule has 0 N–H and O–H groups in total. The Labute approximate surface area is 100 Å². The first kappa shape index (κ1) is 10.1. The number of hydrogen-bond acceptors (Lipinski definition) is 3. The molecule has 0 aliphatic carbocycles. The van der Waals surface area contributed by atoms with Gasteiger partial charge in [0, 0.05) is 18.7 Å². The van der Waals surface area contributed by atoms with Crippen LogP contribution in [0.4, 0.5) is 0 Å². The van der Waals surface area contributed by atoms with Crippen LogP contribution in [0, 0.1) is 0 Å². The van der Waals surface area contributed by atoms with Crippen molar-refractivity contribution >= 4 is 0 Å². The van der Waals surface area contributed by atoms with Gasteiger partial charge in [-0.25, -0.2) is 4.98 Å². The van der Waals surface area contributed by atoms with Gasteiger partial charge < -0.3 is 9.47 Å². The summed E-state index contributed by atoms with van der Waals surface area (Å²) in [7, 11) is 0. The number of ether oxygens (including phenoxy) is 2. The van der Waals surface area contributed by atoms with Crippen molar-refractivity contribution in [2.45, 2.75) is 12.5 Å². The highest BCUT2D eigenvalue weighted by Gasteiger charge is 2.22. The van der Waals surface area contributed by atoms with Crippen LogP contribution in [0.15, 0.2) is 48.7 Å². The topological polar surface area (TPSA) is 31.4 Å². The van der Waals surface area contributed by atoms with Gasteiger partial charge in [-0.05, 0) is 17.7 Å². The quantitative estimate of drug-likeness (QED) is 0.807. The molecule has 0 amide bonds. The number of aromatic nitrogens is 1. The minimum absolute atomic E-state index is 0.0920. The second-order valence-corrected chi connectivity index (χ2v) is 4.03. The van der Waals surface area contributed by atoms with Crippen LogP contribution in [0.25, 0.3) is 0 Å². The molecule has 1 aliphatic heterocycles. The Morgan fingerprint density at radius 3 is 2.88 bits per heavy atom. The van der Waals surface area contributed by atoms with Gasteiger partial charge in [0.15, 0.2) is 0 Å². The molecule has 1 aromatic carbocycles. The fourth-order valence-corrected chi connectivity index (χ4v) is 1.96. The zero-order valence-corrected chi connectivity index (χ0v) is 9.37. The first-order chi connectivity index (χ1) is 8.42. The van der Waals surface area contributed by atoms with Crippen molar-refractivity contribution < 1.29 is 9.47 Å². The molecule has 0 saturated carbocycles. The van der Waals surface area contributed by atoms with Crippen LogP contribution in [-0.4, -0.2) is 17.7 Å². The number of rotatable bonds is 3. The molecule has 0 spiro atoms. The number of fused-ring (bicyclic) bond motifs is 1. The van der Waals surface area contributed by atoms with Crippen LogP contribution >= 0.6 is 0 Å². The van der Waals surface area contributed by atoms with Gasteiger partial charge in [0.1, 0.15) is 18.5 Å². The largest absolute Gasteiger partial charge is 0.486 e. The van der Waals surface area contributed by atoms with E-state index in [1.807, 2.05) is 36.4 Å². The molecule has 3 rings (SSSR count). The Balaban J connectivity index is 1.59. The van der Waals surface area contributed by atoms with Gasteiger partial charge in [0.25, 0.3) is 0 Å². The predicted molar refractivity (Wildman–Crippen MR) is 64.3 cm³/mol. The average molecular weight is 227 g/mol. The highest BCUT2D eigenvalue weighted by atomic mass is 16.5. The molecule has 2 heterocycles. The van der Waals surface area contributed by atoms with Gasteiger partial charge in [-0.15, -0.1) is 0 Å². The molecule has 0 radical (unpaired) electrons. The Bertz CT molecular complexity index is 474. The van der Waals surface area contributed by atoms with E-state index in [1.54, 1.807) is 6.20 Å². The molecule has 1 unspecified atom stereocenters. The van der Waals surface area contributed by atoms with E-state index in [4.69, 9.17) is 9.47 Å². The van der Waals surface area contributed by atoms with Crippen molar-refractivity contribution in [2.24, 2.45) is 0 Å². The molecule has 3 heteroatoms. The monoisotopic (exact) mass is 227 g/mol. The van der Waals surface area contributed by atoms with Crippen LogP contribution in [0.3, 0.4) is 0 Å². The third-order valence-corrected chi connectivity index (χ3v) is 2.77. The van der Waals surface area contributed by atoms with E-state index in [9.17, 15) is 0 Å². The average Bonchev–Trinajstić information content (AvgIpc) is 2.80. The standard InChI is InChI=1S/C14H13NO2/c1-2-6-13-11(5-1)9-12(17-13)10-16-14-7-3-4-8-15-14/h1-8,12H,9-10H2. The highest BCUT2D eigenvalue weighted by molar-refractivity contribution is 5.37. The Kier molecular flexibility index (Phi) is 2.66. The lowest BCUT2D eigenvalue weighted by atomic mass is 10.1. The van der Waals surface area contributed by atoms with Gasteiger partial charge in [-0.2, -0.15) is 0 Å². The normalized spacial score (nSPS) is 17.3. The van der Waals surface area contributed by atoms with Gasteiger partial charge in [-0.3, -0.25) is 0 Å². The maximum atomic E-state index is 5.78. The van der Waals surface area contributed by atoms with Crippen molar-refractivity contribution in [1.29, 1.82) is 0 Å². The zero-order chi connectivity index (χ0) is 11.5. The van der Waals surface area contributed by atoms with Crippen molar-refractivity contribution in [3.8, 4) is 11.6 Å². The van der Waals surface area contributed by atoms with E-state index in [-0.39, 0.29) is 6.10 Å². The number of hydrogen-bond donors (Lipinski definition) is 0.